The molecule has 4 rings (SSSR count). The largest absolute Gasteiger partial charge is 0.457 e. The van der Waals surface area contributed by atoms with Crippen LogP contribution in [0.2, 0.25) is 0 Å². The van der Waals surface area contributed by atoms with Crippen molar-refractivity contribution in [2.24, 2.45) is 5.92 Å². The number of benzene rings is 3. The Labute approximate surface area is 208 Å². The molecule has 7 heteroatoms. The monoisotopic (exact) mass is 644 g/mol. The van der Waals surface area contributed by atoms with E-state index in [0.717, 1.165) is 37.0 Å². The predicted octanol–water partition coefficient (Wildman–Crippen LogP) is 6.26. The molecule has 4 nitrogen and oxygen atoms in total. The number of carbonyl (C=O) groups is 1. The van der Waals surface area contributed by atoms with Crippen LogP contribution in [0.25, 0.3) is 10.8 Å². The first-order valence-corrected chi connectivity index (χ1v) is 12.4. The zero-order valence-corrected chi connectivity index (χ0v) is 21.4. The third kappa shape index (κ3) is 5.31. The molecule has 1 amide bonds. The van der Waals surface area contributed by atoms with Gasteiger partial charge in [-0.3, -0.25) is 4.79 Å². The molecular formula is C24H23FI2N2O2. The fourth-order valence-corrected chi connectivity index (χ4v) is 4.43. The molecule has 1 heterocycles. The molecule has 0 atom stereocenters. The summed E-state index contributed by atoms with van der Waals surface area (Å²) in [4.78, 5) is 14.7. The molecule has 0 spiro atoms. The molecule has 0 bridgehead atoms. The zero-order valence-electron chi connectivity index (χ0n) is 17.1. The molecule has 0 radical (unpaired) electrons. The number of carbonyl (C=O) groups excluding carboxylic acids is 1. The van der Waals surface area contributed by atoms with E-state index in [1.807, 2.05) is 41.3 Å². The minimum atomic E-state index is -1.45. The Morgan fingerprint density at radius 1 is 1.16 bits per heavy atom. The summed E-state index contributed by atoms with van der Waals surface area (Å²) in [7, 11) is 0. The van der Waals surface area contributed by atoms with Gasteiger partial charge in [-0.1, -0.05) is 31.2 Å². The standard InChI is InChI=1S/C24H23FI2N2O2/c1-2-28-13-16-14-29(15-16)23(30)18-6-11-21-17(12-18)4-3-5-22(21)31-20-9-7-19(8-10-20)24(25,26)27/h3-12,16,28H,2,13-15H2,1H3. The van der Waals surface area contributed by atoms with E-state index in [1.165, 1.54) is 0 Å². The first kappa shape index (κ1) is 22.7. The van der Waals surface area contributed by atoms with E-state index in [2.05, 4.69) is 12.2 Å². The van der Waals surface area contributed by atoms with Crippen molar-refractivity contribution in [3.8, 4) is 11.5 Å². The number of nitrogens with one attached hydrogen (secondary N) is 1. The molecule has 162 valence electrons. The number of amides is 1. The topological polar surface area (TPSA) is 41.6 Å². The minimum absolute atomic E-state index is 0.0730. The number of likely N-dealkylation sites (tertiary alicyclic amines) is 1. The first-order chi connectivity index (χ1) is 14.8. The maximum atomic E-state index is 14.1. The van der Waals surface area contributed by atoms with Gasteiger partial charge in [0.25, 0.3) is 5.91 Å². The number of fused-ring (bicyclic) bond motifs is 1. The smallest absolute Gasteiger partial charge is 0.253 e. The Morgan fingerprint density at radius 2 is 1.90 bits per heavy atom. The summed E-state index contributed by atoms with van der Waals surface area (Å²) in [5.74, 6) is 1.96. The van der Waals surface area contributed by atoms with Crippen molar-refractivity contribution in [3.63, 3.8) is 0 Å². The van der Waals surface area contributed by atoms with Gasteiger partial charge < -0.3 is 15.0 Å². The van der Waals surface area contributed by atoms with Crippen LogP contribution in [0.5, 0.6) is 11.5 Å². The summed E-state index contributed by atoms with van der Waals surface area (Å²) in [6.07, 6.45) is 0. The number of halogens is 3. The predicted molar refractivity (Wildman–Crippen MR) is 139 cm³/mol. The summed E-state index contributed by atoms with van der Waals surface area (Å²) in [6.45, 7) is 5.61. The normalized spacial score (nSPS) is 14.5. The van der Waals surface area contributed by atoms with Crippen molar-refractivity contribution in [3.05, 3.63) is 71.8 Å². The summed E-state index contributed by atoms with van der Waals surface area (Å²) < 4.78 is 18.7. The van der Waals surface area contributed by atoms with Crippen molar-refractivity contribution >= 4 is 61.9 Å². The quantitative estimate of drug-likeness (QED) is 0.244. The second kappa shape index (κ2) is 9.58. The number of nitrogens with zero attached hydrogens (tertiary/aromatic N) is 1. The molecule has 1 aliphatic rings. The van der Waals surface area contributed by atoms with Gasteiger partial charge in [0, 0.05) is 42.1 Å². The Balaban J connectivity index is 1.49. The van der Waals surface area contributed by atoms with Crippen LogP contribution in [0.15, 0.2) is 60.7 Å². The number of rotatable bonds is 7. The third-order valence-electron chi connectivity index (χ3n) is 5.42. The molecule has 1 fully saturated rings. The molecule has 3 aromatic rings. The van der Waals surface area contributed by atoms with Crippen LogP contribution in [0, 0.1) is 5.92 Å². The highest BCUT2D eigenvalue weighted by molar-refractivity contribution is 14.2. The van der Waals surface area contributed by atoms with Gasteiger partial charge in [-0.25, -0.2) is 4.39 Å². The Bertz CT molecular complexity index is 1080. The average Bonchev–Trinajstić information content (AvgIpc) is 2.72. The lowest BCUT2D eigenvalue weighted by atomic mass is 9.98. The summed E-state index contributed by atoms with van der Waals surface area (Å²) in [6, 6.07) is 18.5. The molecule has 0 aromatic heterocycles. The number of alkyl halides is 3. The van der Waals surface area contributed by atoms with E-state index in [1.54, 1.807) is 69.4 Å². The molecular weight excluding hydrogens is 621 g/mol. The number of hydrogen-bond donors (Lipinski definition) is 1. The molecule has 0 saturated carbocycles. The maximum absolute atomic E-state index is 14.1. The van der Waals surface area contributed by atoms with Crippen molar-refractivity contribution in [2.75, 3.05) is 26.2 Å². The SMILES string of the molecule is CCNCC1CN(C(=O)c2ccc3c(Oc4ccc(C(F)(I)I)cc4)cccc3c2)C1. The van der Waals surface area contributed by atoms with Gasteiger partial charge in [0.1, 0.15) is 11.5 Å². The second-order valence-electron chi connectivity index (χ2n) is 7.70. The van der Waals surface area contributed by atoms with E-state index < -0.39 is 1.68 Å². The van der Waals surface area contributed by atoms with Crippen LogP contribution in [0.4, 0.5) is 4.39 Å². The summed E-state index contributed by atoms with van der Waals surface area (Å²) in [5, 5.41) is 5.22. The maximum Gasteiger partial charge on any atom is 0.253 e. The fourth-order valence-electron chi connectivity index (χ4n) is 3.71. The van der Waals surface area contributed by atoms with Gasteiger partial charge in [0.15, 0.2) is 0 Å². The fraction of sp³-hybridized carbons (Fsp3) is 0.292. The summed E-state index contributed by atoms with van der Waals surface area (Å²) >= 11 is 3.52. The highest BCUT2D eigenvalue weighted by atomic mass is 127. The Hall–Kier alpha value is -1.46. The molecule has 0 unspecified atom stereocenters. The van der Waals surface area contributed by atoms with Gasteiger partial charge in [-0.15, -0.1) is 0 Å². The highest BCUT2D eigenvalue weighted by Crippen LogP contribution is 2.41. The van der Waals surface area contributed by atoms with Crippen molar-refractivity contribution < 1.29 is 13.9 Å². The van der Waals surface area contributed by atoms with Crippen LogP contribution in [-0.4, -0.2) is 37.0 Å². The highest BCUT2D eigenvalue weighted by Gasteiger charge is 2.30. The minimum Gasteiger partial charge on any atom is -0.457 e. The van der Waals surface area contributed by atoms with E-state index >= 15 is 0 Å². The van der Waals surface area contributed by atoms with Gasteiger partial charge in [0.05, 0.1) is 0 Å². The van der Waals surface area contributed by atoms with Gasteiger partial charge in [0.2, 0.25) is 1.68 Å². The van der Waals surface area contributed by atoms with Crippen LogP contribution in [0.1, 0.15) is 22.8 Å². The van der Waals surface area contributed by atoms with E-state index in [4.69, 9.17) is 4.74 Å². The van der Waals surface area contributed by atoms with E-state index in [-0.39, 0.29) is 5.91 Å². The van der Waals surface area contributed by atoms with E-state index in [9.17, 15) is 9.18 Å². The number of hydrogen-bond acceptors (Lipinski definition) is 3. The lowest BCUT2D eigenvalue weighted by Gasteiger charge is -2.39. The Kier molecular flexibility index (Phi) is 7.02. The molecule has 3 aromatic carbocycles. The summed E-state index contributed by atoms with van der Waals surface area (Å²) in [5.41, 5.74) is 1.28. The van der Waals surface area contributed by atoms with Crippen LogP contribution in [-0.2, 0) is 1.68 Å². The van der Waals surface area contributed by atoms with Crippen LogP contribution < -0.4 is 10.1 Å². The zero-order chi connectivity index (χ0) is 22.0. The second-order valence-corrected chi connectivity index (χ2v) is 12.7. The third-order valence-corrected chi connectivity index (χ3v) is 6.67. The molecule has 1 aliphatic heterocycles. The van der Waals surface area contributed by atoms with Gasteiger partial charge in [-0.2, -0.15) is 0 Å². The van der Waals surface area contributed by atoms with Crippen LogP contribution in [0.3, 0.4) is 0 Å². The van der Waals surface area contributed by atoms with Crippen molar-refractivity contribution in [2.45, 2.75) is 8.61 Å². The van der Waals surface area contributed by atoms with Crippen molar-refractivity contribution in [1.82, 2.24) is 10.2 Å². The molecule has 0 aliphatic carbocycles. The average molecular weight is 644 g/mol. The van der Waals surface area contributed by atoms with Crippen LogP contribution >= 0.6 is 45.2 Å². The molecule has 1 N–H and O–H groups in total. The van der Waals surface area contributed by atoms with Crippen molar-refractivity contribution in [1.29, 1.82) is 0 Å². The number of ether oxygens (including phenoxy) is 1. The molecule has 1 saturated heterocycles. The lowest BCUT2D eigenvalue weighted by Crippen LogP contribution is -2.53. The Morgan fingerprint density at radius 3 is 2.58 bits per heavy atom. The first-order valence-electron chi connectivity index (χ1n) is 10.2. The van der Waals surface area contributed by atoms with Gasteiger partial charge in [-0.05, 0) is 93.5 Å². The molecule has 31 heavy (non-hydrogen) atoms. The lowest BCUT2D eigenvalue weighted by molar-refractivity contribution is 0.0502. The van der Waals surface area contributed by atoms with Gasteiger partial charge >= 0.3 is 0 Å². The van der Waals surface area contributed by atoms with E-state index in [0.29, 0.717) is 28.5 Å².